The minimum atomic E-state index is -4.44. The molecule has 1 aliphatic rings. The molecule has 0 bridgehead atoms. The molecule has 1 unspecified atom stereocenters. The van der Waals surface area contributed by atoms with Gasteiger partial charge in [-0.05, 0) is 26.3 Å². The second kappa shape index (κ2) is 5.77. The Morgan fingerprint density at radius 1 is 1.42 bits per heavy atom. The molecule has 0 spiro atoms. The summed E-state index contributed by atoms with van der Waals surface area (Å²) in [6.45, 7) is 0.689. The maximum absolute atomic E-state index is 11.9. The Morgan fingerprint density at radius 3 is 2.58 bits per heavy atom. The van der Waals surface area contributed by atoms with Crippen LogP contribution in [0.5, 0.6) is 0 Å². The zero-order valence-electron chi connectivity index (χ0n) is 10.6. The standard InChI is InChI=1S/C11H17F3N2O3/c1-10(9(18)19)3-2-4-16(7-10)5-8(17)15-6-11(12,13)14/h2-7H2,1H3,(H,15,17)(H,18,19). The molecular weight excluding hydrogens is 265 g/mol. The van der Waals surface area contributed by atoms with E-state index in [4.69, 9.17) is 5.11 Å². The van der Waals surface area contributed by atoms with Gasteiger partial charge in [-0.3, -0.25) is 14.5 Å². The van der Waals surface area contributed by atoms with E-state index in [1.54, 1.807) is 17.1 Å². The molecule has 1 saturated heterocycles. The molecule has 1 atom stereocenters. The Balaban J connectivity index is 2.45. The van der Waals surface area contributed by atoms with Crippen molar-refractivity contribution in [3.8, 4) is 0 Å². The number of amides is 1. The first kappa shape index (κ1) is 15.7. The van der Waals surface area contributed by atoms with E-state index in [0.717, 1.165) is 0 Å². The summed E-state index contributed by atoms with van der Waals surface area (Å²) in [5.74, 6) is -1.69. The molecule has 8 heteroatoms. The van der Waals surface area contributed by atoms with E-state index in [0.29, 0.717) is 19.4 Å². The monoisotopic (exact) mass is 282 g/mol. The summed E-state index contributed by atoms with van der Waals surface area (Å²) in [5.41, 5.74) is -0.942. The van der Waals surface area contributed by atoms with Gasteiger partial charge < -0.3 is 10.4 Å². The zero-order chi connectivity index (χ0) is 14.7. The molecule has 5 nitrogen and oxygen atoms in total. The Kier molecular flexibility index (Phi) is 4.78. The topological polar surface area (TPSA) is 69.6 Å². The number of likely N-dealkylation sites (tertiary alicyclic amines) is 1. The van der Waals surface area contributed by atoms with Crippen LogP contribution in [0, 0.1) is 5.41 Å². The molecule has 19 heavy (non-hydrogen) atoms. The molecule has 110 valence electrons. The van der Waals surface area contributed by atoms with E-state index in [9.17, 15) is 22.8 Å². The van der Waals surface area contributed by atoms with Crippen LogP contribution in [-0.4, -0.2) is 54.2 Å². The summed E-state index contributed by atoms with van der Waals surface area (Å²) in [6, 6.07) is 0. The SMILES string of the molecule is CC1(C(=O)O)CCCN(CC(=O)NCC(F)(F)F)C1. The van der Waals surface area contributed by atoms with E-state index >= 15 is 0 Å². The van der Waals surface area contributed by atoms with Crippen molar-refractivity contribution in [2.75, 3.05) is 26.2 Å². The maximum atomic E-state index is 11.9. The lowest BCUT2D eigenvalue weighted by Crippen LogP contribution is -2.49. The summed E-state index contributed by atoms with van der Waals surface area (Å²) in [4.78, 5) is 24.0. The van der Waals surface area contributed by atoms with Crippen LogP contribution in [0.25, 0.3) is 0 Å². The van der Waals surface area contributed by atoms with Crippen molar-refractivity contribution in [3.63, 3.8) is 0 Å². The van der Waals surface area contributed by atoms with Crippen molar-refractivity contribution in [1.82, 2.24) is 10.2 Å². The number of hydrogen-bond acceptors (Lipinski definition) is 3. The number of rotatable bonds is 4. The van der Waals surface area contributed by atoms with Crippen molar-refractivity contribution in [1.29, 1.82) is 0 Å². The average Bonchev–Trinajstić information content (AvgIpc) is 2.25. The molecule has 1 amide bonds. The summed E-state index contributed by atoms with van der Waals surface area (Å²) < 4.78 is 35.8. The van der Waals surface area contributed by atoms with Gasteiger partial charge in [-0.2, -0.15) is 13.2 Å². The Morgan fingerprint density at radius 2 is 2.05 bits per heavy atom. The molecule has 0 saturated carbocycles. The number of carbonyl (C=O) groups is 2. The number of aliphatic carboxylic acids is 1. The first-order valence-electron chi connectivity index (χ1n) is 5.92. The smallest absolute Gasteiger partial charge is 0.405 e. The van der Waals surface area contributed by atoms with Crippen LogP contribution in [0.1, 0.15) is 19.8 Å². The summed E-state index contributed by atoms with van der Waals surface area (Å²) in [7, 11) is 0. The molecule has 0 aliphatic carbocycles. The quantitative estimate of drug-likeness (QED) is 0.802. The van der Waals surface area contributed by atoms with Crippen molar-refractivity contribution >= 4 is 11.9 Å². The molecule has 1 aliphatic heterocycles. The molecule has 1 fully saturated rings. The third kappa shape index (κ3) is 5.06. The lowest BCUT2D eigenvalue weighted by molar-refractivity contribution is -0.152. The van der Waals surface area contributed by atoms with Crippen molar-refractivity contribution < 1.29 is 27.9 Å². The molecule has 2 N–H and O–H groups in total. The normalized spacial score (nSPS) is 25.1. The Labute approximate surface area is 108 Å². The Bertz CT molecular complexity index is 360. The molecule has 0 radical (unpaired) electrons. The van der Waals surface area contributed by atoms with Gasteiger partial charge in [-0.15, -0.1) is 0 Å². The summed E-state index contributed by atoms with van der Waals surface area (Å²) in [5, 5.41) is 10.9. The number of carboxylic acid groups (broad SMARTS) is 1. The van der Waals surface area contributed by atoms with Crippen LogP contribution in [0.15, 0.2) is 0 Å². The fraction of sp³-hybridized carbons (Fsp3) is 0.818. The van der Waals surface area contributed by atoms with Crippen LogP contribution < -0.4 is 5.32 Å². The van der Waals surface area contributed by atoms with Gasteiger partial charge in [0.1, 0.15) is 6.54 Å². The lowest BCUT2D eigenvalue weighted by Gasteiger charge is -2.37. The van der Waals surface area contributed by atoms with E-state index in [1.165, 1.54) is 0 Å². The van der Waals surface area contributed by atoms with Crippen LogP contribution in [-0.2, 0) is 9.59 Å². The molecule has 0 aromatic heterocycles. The highest BCUT2D eigenvalue weighted by Gasteiger charge is 2.38. The number of carbonyl (C=O) groups excluding carboxylic acids is 1. The van der Waals surface area contributed by atoms with Gasteiger partial charge >= 0.3 is 12.1 Å². The van der Waals surface area contributed by atoms with Crippen LogP contribution in [0.3, 0.4) is 0 Å². The van der Waals surface area contributed by atoms with Gasteiger partial charge in [0.25, 0.3) is 0 Å². The highest BCUT2D eigenvalue weighted by molar-refractivity contribution is 5.78. The van der Waals surface area contributed by atoms with Gasteiger partial charge in [0, 0.05) is 6.54 Å². The van der Waals surface area contributed by atoms with E-state index in [2.05, 4.69) is 0 Å². The number of nitrogens with one attached hydrogen (secondary N) is 1. The fourth-order valence-corrected chi connectivity index (χ4v) is 2.11. The van der Waals surface area contributed by atoms with Crippen LogP contribution in [0.4, 0.5) is 13.2 Å². The number of alkyl halides is 3. The van der Waals surface area contributed by atoms with E-state index in [-0.39, 0.29) is 13.1 Å². The van der Waals surface area contributed by atoms with Gasteiger partial charge in [0.15, 0.2) is 0 Å². The van der Waals surface area contributed by atoms with Gasteiger partial charge in [0.05, 0.1) is 12.0 Å². The highest BCUT2D eigenvalue weighted by Crippen LogP contribution is 2.29. The van der Waals surface area contributed by atoms with Gasteiger partial charge in [-0.1, -0.05) is 0 Å². The predicted molar refractivity (Wildman–Crippen MR) is 60.5 cm³/mol. The van der Waals surface area contributed by atoms with Crippen LogP contribution in [0.2, 0.25) is 0 Å². The van der Waals surface area contributed by atoms with Gasteiger partial charge in [0.2, 0.25) is 5.91 Å². The van der Waals surface area contributed by atoms with Crippen LogP contribution >= 0.6 is 0 Å². The Hall–Kier alpha value is -1.31. The van der Waals surface area contributed by atoms with Crippen molar-refractivity contribution in [3.05, 3.63) is 0 Å². The van der Waals surface area contributed by atoms with Crippen molar-refractivity contribution in [2.24, 2.45) is 5.41 Å². The second-order valence-electron chi connectivity index (χ2n) is 5.07. The van der Waals surface area contributed by atoms with Gasteiger partial charge in [-0.25, -0.2) is 0 Å². The molecule has 0 aromatic rings. The summed E-state index contributed by atoms with van der Waals surface area (Å²) in [6.07, 6.45) is -3.33. The minimum absolute atomic E-state index is 0.168. The number of carboxylic acids is 1. The minimum Gasteiger partial charge on any atom is -0.481 e. The molecule has 0 aromatic carbocycles. The molecular formula is C11H17F3N2O3. The number of halogens is 3. The zero-order valence-corrected chi connectivity index (χ0v) is 10.6. The molecule has 1 rings (SSSR count). The second-order valence-corrected chi connectivity index (χ2v) is 5.07. The number of hydrogen-bond donors (Lipinski definition) is 2. The lowest BCUT2D eigenvalue weighted by atomic mass is 9.82. The average molecular weight is 282 g/mol. The largest absolute Gasteiger partial charge is 0.481 e. The molecule has 1 heterocycles. The van der Waals surface area contributed by atoms with E-state index < -0.39 is 30.0 Å². The maximum Gasteiger partial charge on any atom is 0.405 e. The first-order chi connectivity index (χ1) is 8.62. The van der Waals surface area contributed by atoms with E-state index in [1.807, 2.05) is 0 Å². The third-order valence-electron chi connectivity index (χ3n) is 3.15. The number of nitrogens with zero attached hydrogens (tertiary/aromatic N) is 1. The predicted octanol–water partition coefficient (Wildman–Crippen LogP) is 0.852. The first-order valence-corrected chi connectivity index (χ1v) is 5.92. The highest BCUT2D eigenvalue weighted by atomic mass is 19.4. The number of piperidine rings is 1. The van der Waals surface area contributed by atoms with Crippen molar-refractivity contribution in [2.45, 2.75) is 25.9 Å². The summed E-state index contributed by atoms with van der Waals surface area (Å²) >= 11 is 0. The fourth-order valence-electron chi connectivity index (χ4n) is 2.11. The third-order valence-corrected chi connectivity index (χ3v) is 3.15.